The van der Waals surface area contributed by atoms with E-state index in [1.165, 1.54) is 107 Å². The van der Waals surface area contributed by atoms with Crippen LogP contribution in [0.4, 0.5) is 11.4 Å². The van der Waals surface area contributed by atoms with E-state index in [0.717, 1.165) is 39.0 Å². The van der Waals surface area contributed by atoms with Gasteiger partial charge in [-0.2, -0.15) is 0 Å². The first-order valence-electron chi connectivity index (χ1n) is 15.3. The van der Waals surface area contributed by atoms with E-state index in [1.807, 2.05) is 7.11 Å². The van der Waals surface area contributed by atoms with Crippen molar-refractivity contribution in [2.75, 3.05) is 62.7 Å². The maximum absolute atomic E-state index is 5.64. The van der Waals surface area contributed by atoms with Crippen LogP contribution < -0.4 is 9.80 Å². The van der Waals surface area contributed by atoms with Crippen molar-refractivity contribution in [1.82, 2.24) is 4.90 Å². The molecule has 4 nitrogen and oxygen atoms in total. The van der Waals surface area contributed by atoms with Crippen LogP contribution in [0.15, 0.2) is 24.3 Å². The van der Waals surface area contributed by atoms with E-state index in [-0.39, 0.29) is 0 Å². The molecule has 2 heterocycles. The van der Waals surface area contributed by atoms with Gasteiger partial charge in [0.05, 0.1) is 6.10 Å². The van der Waals surface area contributed by atoms with Gasteiger partial charge in [-0.1, -0.05) is 45.1 Å². The first kappa shape index (κ1) is 26.1. The number of anilines is 2. The van der Waals surface area contributed by atoms with Crippen LogP contribution in [0.3, 0.4) is 0 Å². The lowest BCUT2D eigenvalue weighted by Crippen LogP contribution is -2.47. The molecule has 4 heteroatoms. The number of ether oxygens (including phenoxy) is 1. The highest BCUT2D eigenvalue weighted by Crippen LogP contribution is 2.49. The molecule has 1 aromatic carbocycles. The fraction of sp³-hybridized carbons (Fsp3) is 0.750. The van der Waals surface area contributed by atoms with Crippen LogP contribution in [0.2, 0.25) is 0 Å². The lowest BCUT2D eigenvalue weighted by atomic mass is 9.65. The summed E-state index contributed by atoms with van der Waals surface area (Å²) in [7, 11) is 1.87. The summed E-state index contributed by atoms with van der Waals surface area (Å²) in [6, 6.07) is 7.43. The molecule has 0 amide bonds. The van der Waals surface area contributed by atoms with Gasteiger partial charge in [-0.15, -0.1) is 0 Å². The van der Waals surface area contributed by atoms with Gasteiger partial charge >= 0.3 is 0 Å². The Morgan fingerprint density at radius 3 is 2.33 bits per heavy atom. The molecule has 4 aliphatic rings. The number of unbranched alkanes of at least 4 members (excludes halogenated alkanes) is 2. The Kier molecular flexibility index (Phi) is 8.95. The second-order valence-electron chi connectivity index (χ2n) is 12.2. The third-order valence-corrected chi connectivity index (χ3v) is 9.88. The Balaban J connectivity index is 1.34. The predicted molar refractivity (Wildman–Crippen MR) is 154 cm³/mol. The first-order valence-corrected chi connectivity index (χ1v) is 15.3. The minimum Gasteiger partial charge on any atom is -0.381 e. The largest absolute Gasteiger partial charge is 0.381 e. The van der Waals surface area contributed by atoms with Crippen LogP contribution in [0.5, 0.6) is 0 Å². The Bertz CT molecular complexity index is 858. The lowest BCUT2D eigenvalue weighted by molar-refractivity contribution is 0.0819. The zero-order valence-electron chi connectivity index (χ0n) is 23.3. The summed E-state index contributed by atoms with van der Waals surface area (Å²) in [6.07, 6.45) is 20.6. The number of nitrogens with zero attached hydrogens (tertiary/aromatic N) is 3. The summed E-state index contributed by atoms with van der Waals surface area (Å²) in [5.74, 6) is 0. The fourth-order valence-corrected chi connectivity index (χ4v) is 7.35. The molecule has 3 fully saturated rings. The van der Waals surface area contributed by atoms with Crippen molar-refractivity contribution < 1.29 is 4.74 Å². The SMILES string of the molecule is CCCCCN1CCN(c2ccc(N3CCC(OC)CC3)cc2C2=CCC3(CCCCC3)CC2)CC1. The van der Waals surface area contributed by atoms with E-state index in [0.29, 0.717) is 11.5 Å². The standard InChI is InChI=1S/C32H51N3O/c1-3-4-8-19-33-22-24-35(25-23-33)31-10-9-28(34-20-13-29(36-2)14-21-34)26-30(31)27-11-17-32(18-12-27)15-6-5-7-16-32/h9-11,26,29H,3-8,12-25H2,1-2H3. The van der Waals surface area contributed by atoms with Crippen LogP contribution in [0, 0.1) is 5.41 Å². The van der Waals surface area contributed by atoms with Crippen molar-refractivity contribution in [2.24, 2.45) is 5.41 Å². The Labute approximate surface area is 221 Å². The quantitative estimate of drug-likeness (QED) is 0.359. The number of piperazine rings is 1. The zero-order chi connectivity index (χ0) is 24.8. The topological polar surface area (TPSA) is 19.0 Å². The van der Waals surface area contributed by atoms with Crippen LogP contribution in [0.1, 0.15) is 96.0 Å². The minimum atomic E-state index is 0.432. The van der Waals surface area contributed by atoms with Gasteiger partial charge < -0.3 is 14.5 Å². The van der Waals surface area contributed by atoms with Crippen molar-refractivity contribution in [3.63, 3.8) is 0 Å². The lowest BCUT2D eigenvalue weighted by Gasteiger charge is -2.41. The van der Waals surface area contributed by atoms with Gasteiger partial charge in [0.15, 0.2) is 0 Å². The summed E-state index contributed by atoms with van der Waals surface area (Å²) in [5.41, 5.74) is 6.68. The molecule has 5 rings (SSSR count). The van der Waals surface area contributed by atoms with E-state index in [9.17, 15) is 0 Å². The molecule has 2 aliphatic heterocycles. The molecule has 0 radical (unpaired) electrons. The van der Waals surface area contributed by atoms with Gasteiger partial charge in [0.1, 0.15) is 0 Å². The molecule has 1 saturated carbocycles. The average Bonchev–Trinajstić information content (AvgIpc) is 2.94. The molecule has 36 heavy (non-hydrogen) atoms. The third kappa shape index (κ3) is 6.13. The Morgan fingerprint density at radius 2 is 1.67 bits per heavy atom. The molecule has 1 aromatic rings. The molecule has 1 spiro atoms. The minimum absolute atomic E-state index is 0.432. The average molecular weight is 494 g/mol. The molecule has 2 aliphatic carbocycles. The van der Waals surface area contributed by atoms with Crippen LogP contribution in [0.25, 0.3) is 5.57 Å². The second-order valence-corrected chi connectivity index (χ2v) is 12.2. The summed E-state index contributed by atoms with van der Waals surface area (Å²) in [4.78, 5) is 7.98. The van der Waals surface area contributed by atoms with E-state index in [4.69, 9.17) is 4.74 Å². The number of rotatable bonds is 8. The first-order chi connectivity index (χ1) is 17.7. The fourth-order valence-electron chi connectivity index (χ4n) is 7.35. The molecular weight excluding hydrogens is 442 g/mol. The van der Waals surface area contributed by atoms with Gasteiger partial charge in [-0.25, -0.2) is 0 Å². The van der Waals surface area contributed by atoms with Crippen molar-refractivity contribution in [1.29, 1.82) is 0 Å². The molecule has 2 saturated heterocycles. The molecule has 0 bridgehead atoms. The highest BCUT2D eigenvalue weighted by atomic mass is 16.5. The predicted octanol–water partition coefficient (Wildman–Crippen LogP) is 7.13. The van der Waals surface area contributed by atoms with Gasteiger partial charge in [0.25, 0.3) is 0 Å². The number of piperidine rings is 1. The number of methoxy groups -OCH3 is 1. The van der Waals surface area contributed by atoms with E-state index >= 15 is 0 Å². The van der Waals surface area contributed by atoms with Crippen LogP contribution >= 0.6 is 0 Å². The maximum Gasteiger partial charge on any atom is 0.0605 e. The Morgan fingerprint density at radius 1 is 0.889 bits per heavy atom. The van der Waals surface area contributed by atoms with Crippen molar-refractivity contribution in [3.05, 3.63) is 29.8 Å². The van der Waals surface area contributed by atoms with Crippen LogP contribution in [-0.2, 0) is 4.74 Å². The molecule has 0 unspecified atom stereocenters. The van der Waals surface area contributed by atoms with Gasteiger partial charge in [-0.3, -0.25) is 4.90 Å². The van der Waals surface area contributed by atoms with Gasteiger partial charge in [-0.05, 0) is 87.1 Å². The molecule has 0 aromatic heterocycles. The maximum atomic E-state index is 5.64. The van der Waals surface area contributed by atoms with Crippen molar-refractivity contribution in [2.45, 2.75) is 96.5 Å². The zero-order valence-corrected chi connectivity index (χ0v) is 23.3. The smallest absolute Gasteiger partial charge is 0.0605 e. The normalized spacial score (nSPS) is 23.8. The summed E-state index contributed by atoms with van der Waals surface area (Å²) in [6.45, 7) is 10.5. The van der Waals surface area contributed by atoms with E-state index in [2.05, 4.69) is 45.9 Å². The number of allylic oxidation sites excluding steroid dienone is 2. The molecule has 0 atom stereocenters. The highest BCUT2D eigenvalue weighted by Gasteiger charge is 2.34. The van der Waals surface area contributed by atoms with E-state index < -0.39 is 0 Å². The highest BCUT2D eigenvalue weighted by molar-refractivity contribution is 5.80. The van der Waals surface area contributed by atoms with Crippen LogP contribution in [-0.4, -0.2) is 63.9 Å². The number of benzene rings is 1. The summed E-state index contributed by atoms with van der Waals surface area (Å²) < 4.78 is 5.64. The third-order valence-electron chi connectivity index (χ3n) is 9.88. The van der Waals surface area contributed by atoms with E-state index in [1.54, 1.807) is 5.57 Å². The molecule has 200 valence electrons. The second kappa shape index (κ2) is 12.3. The van der Waals surface area contributed by atoms with Crippen molar-refractivity contribution in [3.8, 4) is 0 Å². The summed E-state index contributed by atoms with van der Waals surface area (Å²) >= 11 is 0. The Hall–Kier alpha value is -1.52. The van der Waals surface area contributed by atoms with Crippen molar-refractivity contribution >= 4 is 16.9 Å². The summed E-state index contributed by atoms with van der Waals surface area (Å²) in [5, 5.41) is 0. The number of hydrogen-bond donors (Lipinski definition) is 0. The number of hydrogen-bond acceptors (Lipinski definition) is 4. The molecule has 0 N–H and O–H groups in total. The van der Waals surface area contributed by atoms with Gasteiger partial charge in [0, 0.05) is 63.3 Å². The molecular formula is C32H51N3O. The van der Waals surface area contributed by atoms with Gasteiger partial charge in [0.2, 0.25) is 0 Å². The monoisotopic (exact) mass is 493 g/mol.